The highest BCUT2D eigenvalue weighted by Gasteiger charge is 2.18. The summed E-state index contributed by atoms with van der Waals surface area (Å²) in [5.74, 6) is -2.10. The second-order valence-electron chi connectivity index (χ2n) is 10.9. The van der Waals surface area contributed by atoms with E-state index in [2.05, 4.69) is 27.4 Å². The summed E-state index contributed by atoms with van der Waals surface area (Å²) in [7, 11) is 3.80. The van der Waals surface area contributed by atoms with E-state index in [9.17, 15) is 14.9 Å². The van der Waals surface area contributed by atoms with Gasteiger partial charge in [0.15, 0.2) is 17.3 Å². The highest BCUT2D eigenvalue weighted by Crippen LogP contribution is 2.35. The highest BCUT2D eigenvalue weighted by molar-refractivity contribution is 5.94. The molecule has 0 unspecified atom stereocenters. The number of hydrogen-bond donors (Lipinski definition) is 0. The van der Waals surface area contributed by atoms with E-state index in [-0.39, 0.29) is 40.7 Å². The van der Waals surface area contributed by atoms with E-state index in [4.69, 9.17) is 14.2 Å². The SMILES string of the molecule is CCCCCOc1cc(N(C)C)ccc1N=Nc1cc(F)c(N=Nc2ccc(C(=O)Oc3ccc([N+](=O)[O-])cc3)c(OCCC)c2)c(F)c1. The van der Waals surface area contributed by atoms with Crippen LogP contribution in [0.4, 0.5) is 42.9 Å². The second kappa shape index (κ2) is 17.4. The zero-order chi connectivity index (χ0) is 35.3. The van der Waals surface area contributed by atoms with Gasteiger partial charge in [0.05, 0.1) is 29.5 Å². The first kappa shape index (κ1) is 36.1. The van der Waals surface area contributed by atoms with Gasteiger partial charge in [-0.15, -0.1) is 10.2 Å². The Labute approximate surface area is 282 Å². The lowest BCUT2D eigenvalue weighted by molar-refractivity contribution is -0.384. The molecule has 4 rings (SSSR count). The standard InChI is InChI=1S/C35H36F2N6O6/c1-5-7-8-18-48-33-22-26(42(3)4)12-16-31(33)40-39-24-19-29(36)34(30(37)20-24)41-38-23-9-15-28(32(21-23)47-17-6-2)35(44)49-27-13-10-25(11-14-27)43(45)46/h9-16,19-22H,5-8,17-18H2,1-4H3. The molecule has 0 heterocycles. The number of nitro benzene ring substituents is 1. The Hall–Kier alpha value is -5.79. The Morgan fingerprint density at radius 2 is 1.47 bits per heavy atom. The molecule has 0 radical (unpaired) electrons. The summed E-state index contributed by atoms with van der Waals surface area (Å²) in [6.07, 6.45) is 3.56. The molecule has 0 saturated carbocycles. The number of anilines is 1. The first-order chi connectivity index (χ1) is 23.6. The van der Waals surface area contributed by atoms with Crippen LogP contribution in [0.15, 0.2) is 93.3 Å². The molecule has 12 nitrogen and oxygen atoms in total. The van der Waals surface area contributed by atoms with Gasteiger partial charge in [0, 0.05) is 56.2 Å². The minimum absolute atomic E-state index is 0.0451. The fourth-order valence-electron chi connectivity index (χ4n) is 4.31. The van der Waals surface area contributed by atoms with Gasteiger partial charge >= 0.3 is 5.97 Å². The summed E-state index contributed by atoms with van der Waals surface area (Å²) in [6, 6.07) is 16.5. The van der Waals surface area contributed by atoms with E-state index in [1.165, 1.54) is 42.5 Å². The maximum atomic E-state index is 15.0. The molecular weight excluding hydrogens is 638 g/mol. The van der Waals surface area contributed by atoms with Gasteiger partial charge in [-0.3, -0.25) is 10.1 Å². The molecule has 4 aromatic rings. The van der Waals surface area contributed by atoms with Crippen molar-refractivity contribution in [2.24, 2.45) is 20.5 Å². The smallest absolute Gasteiger partial charge is 0.347 e. The third-order valence-electron chi connectivity index (χ3n) is 6.91. The van der Waals surface area contributed by atoms with E-state index < -0.39 is 28.2 Å². The molecular formula is C35H36F2N6O6. The summed E-state index contributed by atoms with van der Waals surface area (Å²) in [4.78, 5) is 25.1. The second-order valence-corrected chi connectivity index (χ2v) is 10.9. The van der Waals surface area contributed by atoms with Crippen LogP contribution in [-0.4, -0.2) is 38.2 Å². The molecule has 0 aromatic heterocycles. The zero-order valence-electron chi connectivity index (χ0n) is 27.6. The maximum Gasteiger partial charge on any atom is 0.347 e. The first-order valence-electron chi connectivity index (χ1n) is 15.6. The summed E-state index contributed by atoms with van der Waals surface area (Å²) in [5, 5.41) is 26.8. The molecule has 0 spiro atoms. The molecule has 0 aliphatic rings. The number of carbonyl (C=O) groups is 1. The zero-order valence-corrected chi connectivity index (χ0v) is 27.6. The molecule has 0 bridgehead atoms. The van der Waals surface area contributed by atoms with Crippen LogP contribution in [0.25, 0.3) is 0 Å². The van der Waals surface area contributed by atoms with Crippen LogP contribution >= 0.6 is 0 Å². The van der Waals surface area contributed by atoms with Crippen LogP contribution in [0.2, 0.25) is 0 Å². The van der Waals surface area contributed by atoms with E-state index in [0.717, 1.165) is 37.1 Å². The van der Waals surface area contributed by atoms with E-state index in [1.807, 2.05) is 38.1 Å². The Morgan fingerprint density at radius 3 is 2.12 bits per heavy atom. The number of non-ortho nitro benzene ring substituents is 1. The maximum absolute atomic E-state index is 15.0. The summed E-state index contributed by atoms with van der Waals surface area (Å²) < 4.78 is 47.1. The number of halogens is 2. The topological polar surface area (TPSA) is 141 Å². The van der Waals surface area contributed by atoms with Crippen molar-refractivity contribution in [3.8, 4) is 17.2 Å². The first-order valence-corrected chi connectivity index (χ1v) is 15.6. The van der Waals surface area contributed by atoms with Crippen molar-refractivity contribution in [2.75, 3.05) is 32.2 Å². The minimum Gasteiger partial charge on any atom is -0.493 e. The summed E-state index contributed by atoms with van der Waals surface area (Å²) in [5.41, 5.74) is 0.624. The Kier molecular flexibility index (Phi) is 12.8. The van der Waals surface area contributed by atoms with Crippen molar-refractivity contribution in [3.05, 3.63) is 100 Å². The number of ether oxygens (including phenoxy) is 3. The molecule has 4 aromatic carbocycles. The van der Waals surface area contributed by atoms with Crippen LogP contribution in [-0.2, 0) is 0 Å². The molecule has 0 aliphatic carbocycles. The number of esters is 1. The molecule has 0 saturated heterocycles. The van der Waals surface area contributed by atoms with Gasteiger partial charge in [-0.05, 0) is 49.2 Å². The van der Waals surface area contributed by atoms with E-state index in [1.54, 1.807) is 6.07 Å². The molecule has 0 fully saturated rings. The number of hydrogen-bond acceptors (Lipinski definition) is 11. The van der Waals surface area contributed by atoms with Gasteiger partial charge in [0.1, 0.15) is 28.5 Å². The average molecular weight is 675 g/mol. The molecule has 0 aliphatic heterocycles. The predicted octanol–water partition coefficient (Wildman–Crippen LogP) is 10.3. The molecule has 0 amide bonds. The Balaban J connectivity index is 1.52. The number of rotatable bonds is 16. The van der Waals surface area contributed by atoms with Crippen molar-refractivity contribution < 1.29 is 32.7 Å². The molecule has 14 heteroatoms. The Morgan fingerprint density at radius 1 is 0.776 bits per heavy atom. The molecule has 256 valence electrons. The van der Waals surface area contributed by atoms with Crippen molar-refractivity contribution >= 4 is 40.1 Å². The molecule has 0 atom stereocenters. The lowest BCUT2D eigenvalue weighted by Gasteiger charge is -2.15. The predicted molar refractivity (Wildman–Crippen MR) is 181 cm³/mol. The van der Waals surface area contributed by atoms with Crippen LogP contribution in [0.5, 0.6) is 17.2 Å². The van der Waals surface area contributed by atoms with Gasteiger partial charge in [-0.2, -0.15) is 10.2 Å². The van der Waals surface area contributed by atoms with Crippen molar-refractivity contribution in [2.45, 2.75) is 39.5 Å². The number of carbonyl (C=O) groups excluding carboxylic acids is 1. The van der Waals surface area contributed by atoms with Gasteiger partial charge in [0.25, 0.3) is 5.69 Å². The third-order valence-corrected chi connectivity index (χ3v) is 6.91. The fraction of sp³-hybridized carbons (Fsp3) is 0.286. The van der Waals surface area contributed by atoms with E-state index >= 15 is 8.78 Å². The number of unbranched alkanes of at least 4 members (excludes halogenated alkanes) is 2. The molecule has 49 heavy (non-hydrogen) atoms. The lowest BCUT2D eigenvalue weighted by atomic mass is 10.2. The third kappa shape index (κ3) is 10.1. The van der Waals surface area contributed by atoms with Gasteiger partial charge in [-0.25, -0.2) is 13.6 Å². The Bertz CT molecular complexity index is 1810. The summed E-state index contributed by atoms with van der Waals surface area (Å²) in [6.45, 7) is 4.72. The quantitative estimate of drug-likeness (QED) is 0.0287. The number of azo groups is 2. The largest absolute Gasteiger partial charge is 0.493 e. The average Bonchev–Trinajstić information content (AvgIpc) is 3.08. The van der Waals surface area contributed by atoms with Crippen LogP contribution in [0.3, 0.4) is 0 Å². The van der Waals surface area contributed by atoms with Crippen LogP contribution in [0, 0.1) is 21.7 Å². The van der Waals surface area contributed by atoms with Gasteiger partial charge in [0.2, 0.25) is 0 Å². The summed E-state index contributed by atoms with van der Waals surface area (Å²) >= 11 is 0. The van der Waals surface area contributed by atoms with Gasteiger partial charge < -0.3 is 19.1 Å². The van der Waals surface area contributed by atoms with Crippen molar-refractivity contribution in [1.82, 2.24) is 0 Å². The normalized spacial score (nSPS) is 11.2. The van der Waals surface area contributed by atoms with Crippen molar-refractivity contribution in [3.63, 3.8) is 0 Å². The highest BCUT2D eigenvalue weighted by atomic mass is 19.1. The van der Waals surface area contributed by atoms with Crippen LogP contribution in [0.1, 0.15) is 49.9 Å². The van der Waals surface area contributed by atoms with Gasteiger partial charge in [-0.1, -0.05) is 26.7 Å². The van der Waals surface area contributed by atoms with Crippen molar-refractivity contribution in [1.29, 1.82) is 0 Å². The number of benzene rings is 4. The number of nitro groups is 1. The number of nitrogens with zero attached hydrogens (tertiary/aromatic N) is 6. The van der Waals surface area contributed by atoms with Crippen LogP contribution < -0.4 is 19.1 Å². The fourth-order valence-corrected chi connectivity index (χ4v) is 4.31. The van der Waals surface area contributed by atoms with E-state index in [0.29, 0.717) is 24.5 Å². The lowest BCUT2D eigenvalue weighted by Crippen LogP contribution is -2.11. The minimum atomic E-state index is -1.01. The monoisotopic (exact) mass is 674 g/mol. The molecule has 0 N–H and O–H groups in total.